The number of hydrogen-bond donors (Lipinski definition) is 9. The second kappa shape index (κ2) is 36.7. The maximum Gasteiger partial charge on any atom is 0.326 e. The summed E-state index contributed by atoms with van der Waals surface area (Å²) >= 11 is 6.04. The Morgan fingerprint density at radius 3 is 1.35 bits per heavy atom. The Morgan fingerprint density at radius 1 is 0.519 bits per heavy atom. The minimum Gasteiger partial charge on any atom is -0.504 e. The number of ether oxygens (including phenoxy) is 9. The number of thiophene rings is 4. The maximum absolute atomic E-state index is 15.0. The van der Waals surface area contributed by atoms with E-state index in [2.05, 4.69) is 21.3 Å². The normalized spacial score (nSPS) is 15.6. The molecule has 6 atom stereocenters. The van der Waals surface area contributed by atoms with Crippen LogP contribution < -0.4 is 40.2 Å². The fourth-order valence-electron chi connectivity index (χ4n) is 13.3. The third kappa shape index (κ3) is 21.8. The number of phenolic OH excluding ortho intramolecular Hbond substituents is 4. The number of nitrogens with one attached hydrogen (secondary N) is 4. The van der Waals surface area contributed by atoms with E-state index >= 15 is 4.79 Å². The van der Waals surface area contributed by atoms with E-state index in [1.807, 2.05) is 48.9 Å². The number of unbranched alkanes of at least 4 members (excludes halogenated alkanes) is 2. The molecule has 0 bridgehead atoms. The number of carbonyl (C=O) groups is 8. The van der Waals surface area contributed by atoms with Gasteiger partial charge in [0.15, 0.2) is 52.2 Å². The Kier molecular flexibility index (Phi) is 28.8. The number of benzene rings is 2. The molecular weight excluding hydrogens is 1450 g/mol. The molecule has 0 spiro atoms. The molecule has 4 aromatic heterocycles. The van der Waals surface area contributed by atoms with Gasteiger partial charge in [0, 0.05) is 56.2 Å². The monoisotopic (exact) mass is 1550 g/mol. The van der Waals surface area contributed by atoms with E-state index in [9.17, 15) is 59.1 Å². The first-order valence-corrected chi connectivity index (χ1v) is 38.7. The van der Waals surface area contributed by atoms with Crippen LogP contribution in [0, 0.1) is 21.7 Å². The minimum atomic E-state index is -1.75. The molecule has 30 heteroatoms. The van der Waals surface area contributed by atoms with Gasteiger partial charge in [0.2, 0.25) is 11.8 Å². The molecule has 0 fully saturated rings. The number of esters is 4. The number of fused-ring (bicyclic) bond motifs is 2. The van der Waals surface area contributed by atoms with Crippen LogP contribution in [-0.4, -0.2) is 163 Å². The van der Waals surface area contributed by atoms with Gasteiger partial charge in [-0.25, -0.2) is 4.79 Å². The van der Waals surface area contributed by atoms with Crippen LogP contribution in [0.4, 0.5) is 0 Å². The summed E-state index contributed by atoms with van der Waals surface area (Å²) in [7, 11) is 0. The Balaban J connectivity index is 0.982. The number of carboxylic acid groups (broad SMARTS) is 1. The van der Waals surface area contributed by atoms with Crippen molar-refractivity contribution in [2.24, 2.45) is 21.7 Å². The van der Waals surface area contributed by atoms with Gasteiger partial charge in [-0.3, -0.25) is 33.6 Å². The average Bonchev–Trinajstić information content (AvgIpc) is 1.25. The van der Waals surface area contributed by atoms with E-state index < -0.39 is 117 Å². The van der Waals surface area contributed by atoms with Crippen LogP contribution in [0.15, 0.2) is 71.4 Å². The van der Waals surface area contributed by atoms with Gasteiger partial charge in [-0.05, 0) is 166 Å². The number of aliphatic carboxylic acids is 1. The van der Waals surface area contributed by atoms with Crippen LogP contribution in [0.1, 0.15) is 141 Å². The molecule has 2 aliphatic heterocycles. The molecule has 0 radical (unpaired) electrons. The highest BCUT2D eigenvalue weighted by atomic mass is 32.1. The summed E-state index contributed by atoms with van der Waals surface area (Å²) in [6.45, 7) is 17.7. The predicted octanol–water partition coefficient (Wildman–Crippen LogP) is 11.2. The van der Waals surface area contributed by atoms with Crippen molar-refractivity contribution in [1.29, 1.82) is 0 Å². The van der Waals surface area contributed by atoms with Crippen molar-refractivity contribution in [1.82, 2.24) is 21.3 Å². The van der Waals surface area contributed by atoms with Gasteiger partial charge in [-0.2, -0.15) is 0 Å². The number of rotatable bonds is 42. The van der Waals surface area contributed by atoms with Crippen LogP contribution in [0.3, 0.4) is 0 Å². The highest BCUT2D eigenvalue weighted by molar-refractivity contribution is 7.22. The standard InChI is InChI=1S/C76H98N4O22S4/c1-11-13-27-98-69(92)73(7,43-75(9,65(88)79-50(64(86)87)35-46-15-19-51(82)53(84)36-46)77-25-23-48-17-21-57(105-48)62-60-55(39-103-62)94-29-31-96-60)41-71(3,4)67(90)100-33-34-101-68(91)72(5,6)42-74(8,70(93)99-28-14-12-2)44-76(10,66(89)80-59(102-45-81)38-47-16-20-52(83)54(85)37-47)78-26-24-49-18-22-58(106-49)63-61-56(40-104-63)95-30-32-97-61/h15-22,36-37,39-40,45,50,59,77-78,82-85H,11-14,23-35,38,41-44H2,1-10H3,(H,79,88)(H,80,89)(H,86,87). The van der Waals surface area contributed by atoms with E-state index in [1.165, 1.54) is 88.7 Å². The van der Waals surface area contributed by atoms with Gasteiger partial charge >= 0.3 is 29.8 Å². The van der Waals surface area contributed by atoms with Crippen molar-refractivity contribution in [3.63, 3.8) is 0 Å². The molecule has 9 N–H and O–H groups in total. The molecule has 578 valence electrons. The minimum absolute atomic E-state index is 0.0158. The van der Waals surface area contributed by atoms with Crippen LogP contribution in [0.5, 0.6) is 46.0 Å². The lowest BCUT2D eigenvalue weighted by molar-refractivity contribution is -0.170. The fraction of sp³-hybridized carbons (Fsp3) is 0.526. The SMILES string of the molecule is CCCCOC(=O)C(C)(CC(C)(C)C(=O)OCCOC(=O)C(C)(C)CC(C)(CC(C)(NCCc1ccc(-c2scc3c2OCCO3)s1)C(=O)NC(Cc1ccc(O)c(O)c1)C(=O)O)C(=O)OCCCC)CC(C)(NCCc1ccc(-c2scc3c2OCCO3)s1)C(=O)NC(Cc1ccc(O)c(O)c1)OC=O. The molecule has 6 heterocycles. The number of carbonyl (C=O) groups excluding carboxylic acids is 7. The molecule has 6 aromatic rings. The van der Waals surface area contributed by atoms with Gasteiger partial charge in [0.1, 0.15) is 45.7 Å². The molecule has 26 nitrogen and oxygen atoms in total. The second-order valence-corrected chi connectivity index (χ2v) is 33.0. The Morgan fingerprint density at radius 2 is 0.934 bits per heavy atom. The van der Waals surface area contributed by atoms with Crippen molar-refractivity contribution in [2.75, 3.05) is 65.9 Å². The highest BCUT2D eigenvalue weighted by Crippen LogP contribution is 2.50. The molecule has 2 aliphatic rings. The van der Waals surface area contributed by atoms with Crippen LogP contribution >= 0.6 is 45.3 Å². The quantitative estimate of drug-likeness (QED) is 0.00429. The van der Waals surface area contributed by atoms with Gasteiger partial charge in [-0.15, -0.1) is 45.3 Å². The first kappa shape index (κ1) is 83.0. The Bertz CT molecular complexity index is 4050. The maximum atomic E-state index is 15.0. The van der Waals surface area contributed by atoms with Gasteiger partial charge in [0.25, 0.3) is 6.47 Å². The zero-order chi connectivity index (χ0) is 77.2. The lowest BCUT2D eigenvalue weighted by atomic mass is 9.67. The van der Waals surface area contributed by atoms with Crippen molar-refractivity contribution in [3.8, 4) is 65.5 Å². The third-order valence-electron chi connectivity index (χ3n) is 18.5. The van der Waals surface area contributed by atoms with E-state index in [0.29, 0.717) is 93.5 Å². The van der Waals surface area contributed by atoms with E-state index in [4.69, 9.17) is 42.6 Å². The van der Waals surface area contributed by atoms with Crippen molar-refractivity contribution in [2.45, 2.75) is 170 Å². The fourth-order valence-corrected chi connectivity index (χ4v) is 17.4. The molecule has 0 saturated carbocycles. The van der Waals surface area contributed by atoms with Crippen LogP contribution in [0.2, 0.25) is 0 Å². The van der Waals surface area contributed by atoms with Crippen LogP contribution in [0.25, 0.3) is 19.5 Å². The Labute approximate surface area is 632 Å². The molecule has 2 amide bonds. The Hall–Kier alpha value is -8.68. The summed E-state index contributed by atoms with van der Waals surface area (Å²) in [4.78, 5) is 119. The summed E-state index contributed by atoms with van der Waals surface area (Å²) in [5, 5.41) is 67.1. The molecule has 2 aromatic carbocycles. The first-order valence-electron chi connectivity index (χ1n) is 35.3. The number of aromatic hydroxyl groups is 4. The summed E-state index contributed by atoms with van der Waals surface area (Å²) in [6, 6.07) is 14.1. The molecule has 8 rings (SSSR count). The number of phenols is 4. The molecular formula is C76H98N4O22S4. The number of carboxylic acids is 1. The van der Waals surface area contributed by atoms with E-state index in [1.54, 1.807) is 48.5 Å². The first-order chi connectivity index (χ1) is 50.2. The predicted molar refractivity (Wildman–Crippen MR) is 399 cm³/mol. The zero-order valence-electron chi connectivity index (χ0n) is 61.5. The third-order valence-corrected chi connectivity index (χ3v) is 23.0. The average molecular weight is 1550 g/mol. The zero-order valence-corrected chi connectivity index (χ0v) is 64.8. The summed E-state index contributed by atoms with van der Waals surface area (Å²) in [5.74, 6) is -5.01. The van der Waals surface area contributed by atoms with Crippen molar-refractivity contribution >= 4 is 93.5 Å². The highest BCUT2D eigenvalue weighted by Gasteiger charge is 2.52. The molecule has 0 saturated heterocycles. The van der Waals surface area contributed by atoms with Crippen molar-refractivity contribution in [3.05, 3.63) is 92.3 Å². The van der Waals surface area contributed by atoms with E-state index in [0.717, 1.165) is 29.3 Å². The molecule has 6 unspecified atom stereocenters. The summed E-state index contributed by atoms with van der Waals surface area (Å²) in [5.41, 5.74) is -9.08. The topological polar surface area (TPSA) is 369 Å². The van der Waals surface area contributed by atoms with Crippen LogP contribution in [-0.2, 0) is 87.7 Å². The molecule has 0 aliphatic carbocycles. The van der Waals surface area contributed by atoms with Gasteiger partial charge < -0.3 is 89.4 Å². The number of amides is 2. The lowest BCUT2D eigenvalue weighted by Crippen LogP contribution is -2.61. The smallest absolute Gasteiger partial charge is 0.326 e. The number of hydrogen-bond acceptors (Lipinski definition) is 27. The van der Waals surface area contributed by atoms with Gasteiger partial charge in [0.05, 0.1) is 55.7 Å². The van der Waals surface area contributed by atoms with E-state index in [-0.39, 0.29) is 82.6 Å². The molecule has 106 heavy (non-hydrogen) atoms. The summed E-state index contributed by atoms with van der Waals surface area (Å²) in [6.07, 6.45) is 0.279. The second-order valence-electron chi connectivity index (χ2n) is 28.9. The largest absolute Gasteiger partial charge is 0.504 e. The van der Waals surface area contributed by atoms with Gasteiger partial charge in [-0.1, -0.05) is 38.8 Å². The van der Waals surface area contributed by atoms with Crippen molar-refractivity contribution < 1.29 is 107 Å². The summed E-state index contributed by atoms with van der Waals surface area (Å²) < 4.78 is 52.3. The lowest BCUT2D eigenvalue weighted by Gasteiger charge is -2.41.